The highest BCUT2D eigenvalue weighted by Crippen LogP contribution is 2.39. The Hall–Kier alpha value is -1.17. The Morgan fingerprint density at radius 2 is 1.86 bits per heavy atom. The van der Waals surface area contributed by atoms with Crippen molar-refractivity contribution >= 4 is 21.4 Å². The SMILES string of the molecule is Cc1cc(C)c(S(=O)(=O)N2CCC[C@H]2c2cccs2)c(C)c1. The van der Waals surface area contributed by atoms with Crippen LogP contribution in [0.2, 0.25) is 0 Å². The normalized spacial score (nSPS) is 19.7. The van der Waals surface area contributed by atoms with Gasteiger partial charge in [-0.3, -0.25) is 0 Å². The topological polar surface area (TPSA) is 37.4 Å². The van der Waals surface area contributed by atoms with Crippen LogP contribution in [0.5, 0.6) is 0 Å². The molecule has 0 spiro atoms. The summed E-state index contributed by atoms with van der Waals surface area (Å²) in [6.45, 7) is 6.39. The van der Waals surface area contributed by atoms with Crippen molar-refractivity contribution in [2.45, 2.75) is 44.6 Å². The maximum absolute atomic E-state index is 13.2. The molecular weight excluding hydrogens is 314 g/mol. The monoisotopic (exact) mass is 335 g/mol. The second-order valence-electron chi connectivity index (χ2n) is 6.02. The molecule has 1 aromatic carbocycles. The summed E-state index contributed by atoms with van der Waals surface area (Å²) in [5.41, 5.74) is 2.79. The lowest BCUT2D eigenvalue weighted by molar-refractivity contribution is 0.400. The quantitative estimate of drug-likeness (QED) is 0.843. The van der Waals surface area contributed by atoms with Crippen LogP contribution in [0.3, 0.4) is 0 Å². The summed E-state index contributed by atoms with van der Waals surface area (Å²) < 4.78 is 28.1. The molecule has 1 atom stereocenters. The van der Waals surface area contributed by atoms with Crippen LogP contribution in [-0.2, 0) is 10.0 Å². The molecule has 118 valence electrons. The van der Waals surface area contributed by atoms with Crippen molar-refractivity contribution in [2.24, 2.45) is 0 Å². The second kappa shape index (κ2) is 5.80. The molecule has 3 rings (SSSR count). The fraction of sp³-hybridized carbons (Fsp3) is 0.412. The molecule has 0 radical (unpaired) electrons. The third-order valence-corrected chi connectivity index (χ3v) is 7.43. The van der Waals surface area contributed by atoms with Crippen LogP contribution < -0.4 is 0 Å². The summed E-state index contributed by atoms with van der Waals surface area (Å²) in [6, 6.07) is 7.93. The third-order valence-electron chi connectivity index (χ3n) is 4.25. The van der Waals surface area contributed by atoms with E-state index in [4.69, 9.17) is 0 Å². The minimum absolute atomic E-state index is 0.00916. The summed E-state index contributed by atoms with van der Waals surface area (Å²) in [4.78, 5) is 1.63. The van der Waals surface area contributed by atoms with E-state index in [0.29, 0.717) is 11.4 Å². The third kappa shape index (κ3) is 2.62. The number of aryl methyl sites for hydroxylation is 3. The van der Waals surface area contributed by atoms with Crippen molar-refractivity contribution in [3.63, 3.8) is 0 Å². The van der Waals surface area contributed by atoms with Crippen molar-refractivity contribution < 1.29 is 8.42 Å². The summed E-state index contributed by atoms with van der Waals surface area (Å²) in [7, 11) is -3.45. The number of thiophene rings is 1. The largest absolute Gasteiger partial charge is 0.244 e. The smallest absolute Gasteiger partial charge is 0.207 e. The number of hydrogen-bond donors (Lipinski definition) is 0. The van der Waals surface area contributed by atoms with Gasteiger partial charge in [-0.15, -0.1) is 11.3 Å². The highest BCUT2D eigenvalue weighted by molar-refractivity contribution is 7.89. The Balaban J connectivity index is 2.07. The number of hydrogen-bond acceptors (Lipinski definition) is 3. The van der Waals surface area contributed by atoms with Gasteiger partial charge in [0.15, 0.2) is 0 Å². The minimum atomic E-state index is -3.45. The minimum Gasteiger partial charge on any atom is -0.207 e. The number of rotatable bonds is 3. The second-order valence-corrected chi connectivity index (χ2v) is 8.82. The first kappa shape index (κ1) is 15.7. The van der Waals surface area contributed by atoms with E-state index >= 15 is 0 Å². The van der Waals surface area contributed by atoms with Crippen LogP contribution in [0.25, 0.3) is 0 Å². The summed E-state index contributed by atoms with van der Waals surface area (Å²) in [5, 5.41) is 2.01. The van der Waals surface area contributed by atoms with E-state index in [-0.39, 0.29) is 6.04 Å². The van der Waals surface area contributed by atoms with Crippen LogP contribution in [0, 0.1) is 20.8 Å². The molecule has 2 aromatic rings. The van der Waals surface area contributed by atoms with Crippen LogP contribution in [-0.4, -0.2) is 19.3 Å². The first-order chi connectivity index (χ1) is 10.4. The maximum atomic E-state index is 13.2. The molecular formula is C17H21NO2S2. The summed E-state index contributed by atoms with van der Waals surface area (Å²) in [6.07, 6.45) is 1.83. The Labute approximate surface area is 136 Å². The lowest BCUT2D eigenvalue weighted by Crippen LogP contribution is -2.31. The summed E-state index contributed by atoms with van der Waals surface area (Å²) in [5.74, 6) is 0. The van der Waals surface area contributed by atoms with Crippen molar-refractivity contribution in [3.8, 4) is 0 Å². The highest BCUT2D eigenvalue weighted by atomic mass is 32.2. The molecule has 3 nitrogen and oxygen atoms in total. The average Bonchev–Trinajstić information content (AvgIpc) is 3.08. The molecule has 0 unspecified atom stereocenters. The van der Waals surface area contributed by atoms with Gasteiger partial charge in [0.2, 0.25) is 10.0 Å². The van der Waals surface area contributed by atoms with E-state index in [0.717, 1.165) is 34.4 Å². The zero-order valence-electron chi connectivity index (χ0n) is 13.2. The lowest BCUT2D eigenvalue weighted by Gasteiger charge is -2.25. The van der Waals surface area contributed by atoms with Crippen LogP contribution >= 0.6 is 11.3 Å². The average molecular weight is 335 g/mol. The van der Waals surface area contributed by atoms with E-state index in [1.807, 2.05) is 50.4 Å². The van der Waals surface area contributed by atoms with Gasteiger partial charge in [0.1, 0.15) is 0 Å². The molecule has 1 aromatic heterocycles. The molecule has 0 aliphatic carbocycles. The molecule has 5 heteroatoms. The van der Waals surface area contributed by atoms with Gasteiger partial charge in [-0.05, 0) is 56.2 Å². The van der Waals surface area contributed by atoms with Gasteiger partial charge in [-0.25, -0.2) is 8.42 Å². The molecule has 0 N–H and O–H groups in total. The fourth-order valence-corrected chi connectivity index (χ4v) is 6.51. The molecule has 2 heterocycles. The maximum Gasteiger partial charge on any atom is 0.244 e. The van der Waals surface area contributed by atoms with Crippen LogP contribution in [0.15, 0.2) is 34.5 Å². The molecule has 0 amide bonds. The predicted octanol–water partition coefficient (Wildman–Crippen LogP) is 4.20. The zero-order chi connectivity index (χ0) is 15.9. The van der Waals surface area contributed by atoms with Gasteiger partial charge in [0, 0.05) is 11.4 Å². The Kier molecular flexibility index (Phi) is 4.14. The number of benzene rings is 1. The van der Waals surface area contributed by atoms with Crippen molar-refractivity contribution in [1.82, 2.24) is 4.31 Å². The Morgan fingerprint density at radius 3 is 2.45 bits per heavy atom. The van der Waals surface area contributed by atoms with Crippen LogP contribution in [0.1, 0.15) is 40.5 Å². The molecule has 1 aliphatic heterocycles. The number of sulfonamides is 1. The van der Waals surface area contributed by atoms with Gasteiger partial charge in [-0.2, -0.15) is 4.31 Å². The predicted molar refractivity (Wildman–Crippen MR) is 90.8 cm³/mol. The molecule has 1 aliphatic rings. The highest BCUT2D eigenvalue weighted by Gasteiger charge is 2.38. The Morgan fingerprint density at radius 1 is 1.18 bits per heavy atom. The van der Waals surface area contributed by atoms with E-state index in [1.54, 1.807) is 15.6 Å². The van der Waals surface area contributed by atoms with Gasteiger partial charge in [0.05, 0.1) is 10.9 Å². The standard InChI is InChI=1S/C17H21NO2S2/c1-12-10-13(2)17(14(3)11-12)22(19,20)18-8-4-6-15(18)16-7-5-9-21-16/h5,7,9-11,15H,4,6,8H2,1-3H3/t15-/m0/s1. The van der Waals surface area contributed by atoms with Crippen molar-refractivity contribution in [3.05, 3.63) is 51.2 Å². The summed E-state index contributed by atoms with van der Waals surface area (Å²) >= 11 is 1.64. The van der Waals surface area contributed by atoms with E-state index in [2.05, 4.69) is 0 Å². The first-order valence-electron chi connectivity index (χ1n) is 7.54. The van der Waals surface area contributed by atoms with Crippen molar-refractivity contribution in [1.29, 1.82) is 0 Å². The first-order valence-corrected chi connectivity index (χ1v) is 9.86. The molecule has 1 saturated heterocycles. The molecule has 1 fully saturated rings. The molecule has 0 saturated carbocycles. The van der Waals surface area contributed by atoms with E-state index in [9.17, 15) is 8.42 Å². The molecule has 0 bridgehead atoms. The lowest BCUT2D eigenvalue weighted by atomic mass is 10.1. The fourth-order valence-electron chi connectivity index (χ4n) is 3.48. The number of nitrogens with zero attached hydrogens (tertiary/aromatic N) is 1. The van der Waals surface area contributed by atoms with Gasteiger partial charge in [0.25, 0.3) is 0 Å². The van der Waals surface area contributed by atoms with Gasteiger partial charge in [-0.1, -0.05) is 23.8 Å². The molecule has 22 heavy (non-hydrogen) atoms. The van der Waals surface area contributed by atoms with Crippen molar-refractivity contribution in [2.75, 3.05) is 6.54 Å². The van der Waals surface area contributed by atoms with Crippen LogP contribution in [0.4, 0.5) is 0 Å². The van der Waals surface area contributed by atoms with E-state index in [1.165, 1.54) is 0 Å². The van der Waals surface area contributed by atoms with Gasteiger partial charge >= 0.3 is 0 Å². The Bertz CT molecular complexity index is 756. The zero-order valence-corrected chi connectivity index (χ0v) is 14.8. The van der Waals surface area contributed by atoms with Gasteiger partial charge < -0.3 is 0 Å². The van der Waals surface area contributed by atoms with E-state index < -0.39 is 10.0 Å².